The highest BCUT2D eigenvalue weighted by molar-refractivity contribution is 7.20. The van der Waals surface area contributed by atoms with Crippen LogP contribution in [0.15, 0.2) is 30.3 Å². The lowest BCUT2D eigenvalue weighted by Crippen LogP contribution is -2.15. The number of benzene rings is 1. The monoisotopic (exact) mass is 250 g/mol. The molecule has 1 aromatic carbocycles. The second-order valence-electron chi connectivity index (χ2n) is 3.45. The summed E-state index contributed by atoms with van der Waals surface area (Å²) in [5.41, 5.74) is 0. The molecule has 2 rings (SSSR count). The number of carbonyl (C=O) groups is 1. The first-order valence-corrected chi connectivity index (χ1v) is 5.71. The lowest BCUT2D eigenvalue weighted by molar-refractivity contribution is -0.143. The molecule has 0 aliphatic carbocycles. The predicted octanol–water partition coefficient (Wildman–Crippen LogP) is 2.07. The van der Waals surface area contributed by atoms with Gasteiger partial charge in [-0.3, -0.25) is 0 Å². The first kappa shape index (κ1) is 11.6. The van der Waals surface area contributed by atoms with Crippen molar-refractivity contribution in [1.82, 2.24) is 0 Å². The molecule has 0 aliphatic rings. The third kappa shape index (κ3) is 2.30. The Hall–Kier alpha value is -1.85. The van der Waals surface area contributed by atoms with Crippen molar-refractivity contribution in [3.8, 4) is 5.75 Å². The lowest BCUT2D eigenvalue weighted by atomic mass is 10.2. The second kappa shape index (κ2) is 4.57. The van der Waals surface area contributed by atoms with Crippen molar-refractivity contribution < 1.29 is 20.1 Å². The molecular weight excluding hydrogens is 240 g/mol. The molecule has 4 nitrogen and oxygen atoms in total. The first-order chi connectivity index (χ1) is 8.09. The van der Waals surface area contributed by atoms with Gasteiger partial charge in [-0.2, -0.15) is 0 Å². The zero-order chi connectivity index (χ0) is 12.4. The van der Waals surface area contributed by atoms with E-state index in [4.69, 9.17) is 10.2 Å². The summed E-state index contributed by atoms with van der Waals surface area (Å²) in [6.07, 6.45) is 0.991. The van der Waals surface area contributed by atoms with E-state index in [-0.39, 0.29) is 5.75 Å². The van der Waals surface area contributed by atoms with Crippen LogP contribution in [0.25, 0.3) is 16.2 Å². The van der Waals surface area contributed by atoms with Crippen molar-refractivity contribution >= 4 is 33.5 Å². The normalized spacial score (nSPS) is 13.2. The van der Waals surface area contributed by atoms with E-state index >= 15 is 0 Å². The summed E-state index contributed by atoms with van der Waals surface area (Å²) in [4.78, 5) is 11.0. The molecule has 0 bridgehead atoms. The van der Waals surface area contributed by atoms with Gasteiger partial charge < -0.3 is 15.3 Å². The minimum Gasteiger partial charge on any atom is -0.506 e. The quantitative estimate of drug-likeness (QED) is 0.779. The molecule has 0 saturated heterocycles. The molecular formula is C12H10O4S. The number of aliphatic carboxylic acids is 1. The highest BCUT2D eigenvalue weighted by Crippen LogP contribution is 2.37. The molecule has 88 valence electrons. The molecule has 3 N–H and O–H groups in total. The SMILES string of the molecule is O=C(O)C(O)C=Cc1sc2ccccc2c1O. The second-order valence-corrected chi connectivity index (χ2v) is 4.54. The first-order valence-electron chi connectivity index (χ1n) is 4.89. The average molecular weight is 250 g/mol. The van der Waals surface area contributed by atoms with Gasteiger partial charge in [-0.05, 0) is 24.3 Å². The molecule has 0 amide bonds. The van der Waals surface area contributed by atoms with E-state index in [1.807, 2.05) is 18.2 Å². The Morgan fingerprint density at radius 1 is 1.35 bits per heavy atom. The summed E-state index contributed by atoms with van der Waals surface area (Å²) < 4.78 is 0.912. The minimum absolute atomic E-state index is 0.111. The predicted molar refractivity (Wildman–Crippen MR) is 66.2 cm³/mol. The molecule has 1 aromatic heterocycles. The third-order valence-electron chi connectivity index (χ3n) is 2.28. The number of carboxylic acids is 1. The molecule has 17 heavy (non-hydrogen) atoms. The van der Waals surface area contributed by atoms with Crippen LogP contribution in [0.5, 0.6) is 5.75 Å². The Morgan fingerprint density at radius 2 is 2.06 bits per heavy atom. The van der Waals surface area contributed by atoms with Crippen LogP contribution in [0.3, 0.4) is 0 Å². The lowest BCUT2D eigenvalue weighted by Gasteiger charge is -1.96. The number of aliphatic hydroxyl groups excluding tert-OH is 1. The molecule has 0 radical (unpaired) electrons. The average Bonchev–Trinajstić information content (AvgIpc) is 2.64. The Kier molecular flexibility index (Phi) is 3.12. The van der Waals surface area contributed by atoms with Crippen LogP contribution < -0.4 is 0 Å². The fraction of sp³-hybridized carbons (Fsp3) is 0.0833. The molecule has 0 spiro atoms. The van der Waals surface area contributed by atoms with E-state index in [9.17, 15) is 9.90 Å². The van der Waals surface area contributed by atoms with Crippen molar-refractivity contribution in [1.29, 1.82) is 0 Å². The number of rotatable bonds is 3. The Balaban J connectivity index is 2.37. The molecule has 0 saturated carbocycles. The van der Waals surface area contributed by atoms with Crippen LogP contribution in [0.4, 0.5) is 0 Å². The summed E-state index contributed by atoms with van der Waals surface area (Å²) in [6.45, 7) is 0. The maximum atomic E-state index is 10.4. The number of aromatic hydroxyl groups is 1. The van der Waals surface area contributed by atoms with Crippen molar-refractivity contribution in [2.45, 2.75) is 6.10 Å². The highest BCUT2D eigenvalue weighted by atomic mass is 32.1. The largest absolute Gasteiger partial charge is 0.506 e. The van der Waals surface area contributed by atoms with Gasteiger partial charge >= 0.3 is 5.97 Å². The van der Waals surface area contributed by atoms with E-state index < -0.39 is 12.1 Å². The molecule has 0 fully saturated rings. The van der Waals surface area contributed by atoms with E-state index in [0.717, 1.165) is 16.2 Å². The summed E-state index contributed by atoms with van der Waals surface area (Å²) in [5, 5.41) is 28.2. The number of carboxylic acid groups (broad SMARTS) is 1. The van der Waals surface area contributed by atoms with Gasteiger partial charge in [0.1, 0.15) is 5.75 Å². The number of hydrogen-bond acceptors (Lipinski definition) is 4. The Bertz CT molecular complexity index is 585. The van der Waals surface area contributed by atoms with Gasteiger partial charge in [-0.25, -0.2) is 4.79 Å². The van der Waals surface area contributed by atoms with Crippen LogP contribution in [-0.2, 0) is 4.79 Å². The van der Waals surface area contributed by atoms with Crippen LogP contribution in [0.1, 0.15) is 4.88 Å². The van der Waals surface area contributed by atoms with Gasteiger partial charge in [-0.15, -0.1) is 11.3 Å². The van der Waals surface area contributed by atoms with E-state index in [2.05, 4.69) is 0 Å². The van der Waals surface area contributed by atoms with Crippen LogP contribution >= 0.6 is 11.3 Å². The van der Waals surface area contributed by atoms with Gasteiger partial charge in [0.15, 0.2) is 6.10 Å². The Morgan fingerprint density at radius 3 is 2.71 bits per heavy atom. The fourth-order valence-electron chi connectivity index (χ4n) is 1.42. The van der Waals surface area contributed by atoms with E-state index in [1.54, 1.807) is 6.07 Å². The summed E-state index contributed by atoms with van der Waals surface area (Å²) in [5.74, 6) is -1.21. The zero-order valence-corrected chi connectivity index (χ0v) is 9.52. The maximum Gasteiger partial charge on any atom is 0.336 e. The summed E-state index contributed by atoms with van der Waals surface area (Å²) in [7, 11) is 0. The number of fused-ring (bicyclic) bond motifs is 1. The van der Waals surface area contributed by atoms with Gasteiger partial charge in [0, 0.05) is 10.1 Å². The molecule has 1 atom stereocenters. The summed E-state index contributed by atoms with van der Waals surface area (Å²) in [6, 6.07) is 7.32. The van der Waals surface area contributed by atoms with Gasteiger partial charge in [0.2, 0.25) is 0 Å². The third-order valence-corrected chi connectivity index (χ3v) is 3.40. The van der Waals surface area contributed by atoms with Crippen LogP contribution in [0, 0.1) is 0 Å². The zero-order valence-electron chi connectivity index (χ0n) is 8.70. The fourth-order valence-corrected chi connectivity index (χ4v) is 2.44. The van der Waals surface area contributed by atoms with Gasteiger partial charge in [0.05, 0.1) is 4.88 Å². The number of hydrogen-bond donors (Lipinski definition) is 3. The standard InChI is InChI=1S/C12H10O4S/c13-8(12(15)16)5-6-10-11(14)7-3-1-2-4-9(7)17-10/h1-6,8,13-14H,(H,15,16). The molecule has 1 heterocycles. The maximum absolute atomic E-state index is 10.4. The molecule has 5 heteroatoms. The van der Waals surface area contributed by atoms with Crippen LogP contribution in [0.2, 0.25) is 0 Å². The van der Waals surface area contributed by atoms with Crippen LogP contribution in [-0.4, -0.2) is 27.4 Å². The van der Waals surface area contributed by atoms with Crippen molar-refractivity contribution in [2.75, 3.05) is 0 Å². The topological polar surface area (TPSA) is 77.8 Å². The van der Waals surface area contributed by atoms with E-state index in [1.165, 1.54) is 17.4 Å². The number of aliphatic hydroxyl groups is 1. The van der Waals surface area contributed by atoms with Crippen molar-refractivity contribution in [2.24, 2.45) is 0 Å². The molecule has 1 unspecified atom stereocenters. The van der Waals surface area contributed by atoms with E-state index in [0.29, 0.717) is 4.88 Å². The summed E-state index contributed by atoms with van der Waals surface area (Å²) >= 11 is 1.34. The van der Waals surface area contributed by atoms with Crippen molar-refractivity contribution in [3.63, 3.8) is 0 Å². The molecule has 2 aromatic rings. The smallest absolute Gasteiger partial charge is 0.336 e. The highest BCUT2D eigenvalue weighted by Gasteiger charge is 2.11. The van der Waals surface area contributed by atoms with Crippen molar-refractivity contribution in [3.05, 3.63) is 35.2 Å². The Labute approximate surface area is 101 Å². The molecule has 0 aliphatic heterocycles. The number of thiophene rings is 1. The minimum atomic E-state index is -1.56. The van der Waals surface area contributed by atoms with Gasteiger partial charge in [-0.1, -0.05) is 12.1 Å². The van der Waals surface area contributed by atoms with Gasteiger partial charge in [0.25, 0.3) is 0 Å².